The van der Waals surface area contributed by atoms with Crippen molar-refractivity contribution in [2.45, 2.75) is 19.1 Å². The molecule has 0 saturated heterocycles. The van der Waals surface area contributed by atoms with Crippen LogP contribution in [0.3, 0.4) is 0 Å². The first-order chi connectivity index (χ1) is 6.60. The standard InChI is InChI=1S/C10H16O4/c1-7-5-8(11)6-9(12-2)10(7,13-3)14-4/h6-7H,5H2,1-4H3/t7-/m0/s1. The van der Waals surface area contributed by atoms with Crippen LogP contribution in [0.1, 0.15) is 13.3 Å². The fraction of sp³-hybridized carbons (Fsp3) is 0.700. The summed E-state index contributed by atoms with van der Waals surface area (Å²) in [7, 11) is 4.59. The van der Waals surface area contributed by atoms with Crippen molar-refractivity contribution in [1.29, 1.82) is 0 Å². The fourth-order valence-corrected chi connectivity index (χ4v) is 1.87. The number of ketones is 1. The zero-order valence-corrected chi connectivity index (χ0v) is 8.99. The Balaban J connectivity index is 3.11. The van der Waals surface area contributed by atoms with E-state index in [4.69, 9.17) is 14.2 Å². The highest BCUT2D eigenvalue weighted by atomic mass is 16.7. The highest BCUT2D eigenvalue weighted by molar-refractivity contribution is 5.91. The van der Waals surface area contributed by atoms with Gasteiger partial charge in [-0.3, -0.25) is 4.79 Å². The van der Waals surface area contributed by atoms with E-state index in [-0.39, 0.29) is 11.7 Å². The number of rotatable bonds is 3. The lowest BCUT2D eigenvalue weighted by molar-refractivity contribution is -0.232. The third-order valence-corrected chi connectivity index (χ3v) is 2.62. The fourth-order valence-electron chi connectivity index (χ4n) is 1.87. The van der Waals surface area contributed by atoms with Gasteiger partial charge in [-0.1, -0.05) is 6.92 Å². The van der Waals surface area contributed by atoms with Gasteiger partial charge in [0.2, 0.25) is 5.79 Å². The van der Waals surface area contributed by atoms with Gasteiger partial charge in [-0.25, -0.2) is 0 Å². The molecule has 4 heteroatoms. The van der Waals surface area contributed by atoms with Crippen molar-refractivity contribution in [2.75, 3.05) is 21.3 Å². The Morgan fingerprint density at radius 1 is 1.36 bits per heavy atom. The first kappa shape index (κ1) is 11.2. The van der Waals surface area contributed by atoms with Crippen LogP contribution in [0, 0.1) is 5.92 Å². The van der Waals surface area contributed by atoms with Gasteiger partial charge in [-0.15, -0.1) is 0 Å². The summed E-state index contributed by atoms with van der Waals surface area (Å²) in [5.74, 6) is -0.488. The quantitative estimate of drug-likeness (QED) is 0.640. The minimum absolute atomic E-state index is 0.0408. The normalized spacial score (nSPS) is 25.9. The van der Waals surface area contributed by atoms with Crippen molar-refractivity contribution >= 4 is 5.78 Å². The van der Waals surface area contributed by atoms with Crippen molar-refractivity contribution in [3.05, 3.63) is 11.8 Å². The molecule has 0 radical (unpaired) electrons. The van der Waals surface area contributed by atoms with E-state index in [1.807, 2.05) is 6.92 Å². The van der Waals surface area contributed by atoms with E-state index >= 15 is 0 Å². The van der Waals surface area contributed by atoms with E-state index < -0.39 is 5.79 Å². The van der Waals surface area contributed by atoms with Crippen LogP contribution in [0.2, 0.25) is 0 Å². The first-order valence-corrected chi connectivity index (χ1v) is 4.50. The maximum Gasteiger partial charge on any atom is 0.230 e. The average Bonchev–Trinajstić information content (AvgIpc) is 2.17. The van der Waals surface area contributed by atoms with Crippen molar-refractivity contribution < 1.29 is 19.0 Å². The molecule has 0 aliphatic heterocycles. The molecule has 0 fully saturated rings. The number of hydrogen-bond donors (Lipinski definition) is 0. The number of hydrogen-bond acceptors (Lipinski definition) is 4. The monoisotopic (exact) mass is 200 g/mol. The van der Waals surface area contributed by atoms with Gasteiger partial charge in [0.25, 0.3) is 0 Å². The van der Waals surface area contributed by atoms with Gasteiger partial charge in [0.05, 0.1) is 7.11 Å². The van der Waals surface area contributed by atoms with E-state index in [0.717, 1.165) is 0 Å². The number of allylic oxidation sites excluding steroid dienone is 1. The van der Waals surface area contributed by atoms with Crippen LogP contribution in [0.15, 0.2) is 11.8 Å². The second-order valence-electron chi connectivity index (χ2n) is 3.36. The molecule has 0 unspecified atom stereocenters. The predicted molar refractivity (Wildman–Crippen MR) is 50.6 cm³/mol. The van der Waals surface area contributed by atoms with Crippen LogP contribution in [-0.4, -0.2) is 32.9 Å². The smallest absolute Gasteiger partial charge is 0.230 e. The maximum atomic E-state index is 11.3. The summed E-state index contributed by atoms with van der Waals surface area (Å²) in [6, 6.07) is 0. The van der Waals surface area contributed by atoms with Crippen LogP contribution < -0.4 is 0 Å². The van der Waals surface area contributed by atoms with Crippen molar-refractivity contribution in [1.82, 2.24) is 0 Å². The Labute approximate surface area is 83.8 Å². The zero-order chi connectivity index (χ0) is 10.8. The number of carbonyl (C=O) groups excluding carboxylic acids is 1. The molecule has 1 aliphatic carbocycles. The summed E-state index contributed by atoms with van der Waals surface area (Å²) in [5, 5.41) is 0. The number of carbonyl (C=O) groups is 1. The molecule has 0 aromatic rings. The molecular weight excluding hydrogens is 184 g/mol. The summed E-state index contributed by atoms with van der Waals surface area (Å²) >= 11 is 0. The molecule has 0 aromatic heterocycles. The number of ether oxygens (including phenoxy) is 3. The molecule has 4 nitrogen and oxygen atoms in total. The summed E-state index contributed by atoms with van der Waals surface area (Å²) in [6.45, 7) is 1.90. The van der Waals surface area contributed by atoms with Crippen LogP contribution in [0.25, 0.3) is 0 Å². The van der Waals surface area contributed by atoms with E-state index in [1.165, 1.54) is 13.2 Å². The van der Waals surface area contributed by atoms with Crippen molar-refractivity contribution in [3.63, 3.8) is 0 Å². The predicted octanol–water partition coefficient (Wildman–Crippen LogP) is 1.11. The van der Waals surface area contributed by atoms with Crippen LogP contribution in [0.5, 0.6) is 0 Å². The lowest BCUT2D eigenvalue weighted by atomic mass is 9.87. The lowest BCUT2D eigenvalue weighted by Crippen LogP contribution is -2.46. The zero-order valence-electron chi connectivity index (χ0n) is 8.99. The van der Waals surface area contributed by atoms with Gasteiger partial charge in [0.1, 0.15) is 0 Å². The molecule has 0 N–H and O–H groups in total. The second kappa shape index (κ2) is 4.11. The molecule has 1 atom stereocenters. The second-order valence-corrected chi connectivity index (χ2v) is 3.36. The van der Waals surface area contributed by atoms with Crippen LogP contribution >= 0.6 is 0 Å². The Morgan fingerprint density at radius 2 is 1.93 bits per heavy atom. The molecule has 14 heavy (non-hydrogen) atoms. The third kappa shape index (κ3) is 1.55. The van der Waals surface area contributed by atoms with Crippen LogP contribution in [0.4, 0.5) is 0 Å². The lowest BCUT2D eigenvalue weighted by Gasteiger charge is -2.39. The minimum atomic E-state index is -0.914. The van der Waals surface area contributed by atoms with Gasteiger partial charge in [-0.2, -0.15) is 0 Å². The van der Waals surface area contributed by atoms with Gasteiger partial charge >= 0.3 is 0 Å². The highest BCUT2D eigenvalue weighted by Gasteiger charge is 2.45. The molecule has 0 aromatic carbocycles. The Morgan fingerprint density at radius 3 is 2.36 bits per heavy atom. The summed E-state index contributed by atoms with van der Waals surface area (Å²) in [5.41, 5.74) is 0. The summed E-state index contributed by atoms with van der Waals surface area (Å²) < 4.78 is 15.8. The van der Waals surface area contributed by atoms with E-state index in [2.05, 4.69) is 0 Å². The number of methoxy groups -OCH3 is 3. The SMILES string of the molecule is COC1=CC(=O)C[C@H](C)C1(OC)OC. The molecular formula is C10H16O4. The highest BCUT2D eigenvalue weighted by Crippen LogP contribution is 2.36. The molecule has 0 amide bonds. The molecule has 0 spiro atoms. The van der Waals surface area contributed by atoms with Crippen LogP contribution in [-0.2, 0) is 19.0 Å². The van der Waals surface area contributed by atoms with E-state index in [0.29, 0.717) is 12.2 Å². The van der Waals surface area contributed by atoms with E-state index in [1.54, 1.807) is 14.2 Å². The first-order valence-electron chi connectivity index (χ1n) is 4.50. The third-order valence-electron chi connectivity index (χ3n) is 2.62. The molecule has 0 saturated carbocycles. The van der Waals surface area contributed by atoms with Gasteiger partial charge in [-0.05, 0) is 0 Å². The van der Waals surface area contributed by atoms with E-state index in [9.17, 15) is 4.79 Å². The Kier molecular flexibility index (Phi) is 3.29. The summed E-state index contributed by atoms with van der Waals surface area (Å²) in [6.07, 6.45) is 1.85. The van der Waals surface area contributed by atoms with Crippen molar-refractivity contribution in [2.24, 2.45) is 5.92 Å². The Hall–Kier alpha value is -0.870. The van der Waals surface area contributed by atoms with Gasteiger partial charge < -0.3 is 14.2 Å². The summed E-state index contributed by atoms with van der Waals surface area (Å²) in [4.78, 5) is 11.3. The van der Waals surface area contributed by atoms with Crippen molar-refractivity contribution in [3.8, 4) is 0 Å². The van der Waals surface area contributed by atoms with Gasteiger partial charge in [0.15, 0.2) is 11.5 Å². The topological polar surface area (TPSA) is 44.8 Å². The molecule has 80 valence electrons. The molecule has 1 aliphatic rings. The van der Waals surface area contributed by atoms with Gasteiger partial charge in [0, 0.05) is 32.6 Å². The molecule has 0 heterocycles. The average molecular weight is 200 g/mol. The molecule has 0 bridgehead atoms. The largest absolute Gasteiger partial charge is 0.495 e. The maximum absolute atomic E-state index is 11.3. The minimum Gasteiger partial charge on any atom is -0.495 e. The molecule has 1 rings (SSSR count). The Bertz CT molecular complexity index is 253.